The molecule has 4 heteroatoms. The zero-order chi connectivity index (χ0) is 13.1. The van der Waals surface area contributed by atoms with Crippen LogP contribution < -0.4 is 5.32 Å². The molecule has 0 bridgehead atoms. The second-order valence-electron chi connectivity index (χ2n) is 4.76. The second kappa shape index (κ2) is 5.55. The Morgan fingerprint density at radius 1 is 1.42 bits per heavy atom. The van der Waals surface area contributed by atoms with Crippen LogP contribution in [0.4, 0.5) is 0 Å². The summed E-state index contributed by atoms with van der Waals surface area (Å²) in [6.45, 7) is 1.63. The Hall–Kier alpha value is -1.65. The highest BCUT2D eigenvalue weighted by Crippen LogP contribution is 2.33. The van der Waals surface area contributed by atoms with Crippen molar-refractivity contribution < 1.29 is 9.15 Å². The maximum Gasteiger partial charge on any atom is 0.181 e. The van der Waals surface area contributed by atoms with Gasteiger partial charge < -0.3 is 14.5 Å². The highest BCUT2D eigenvalue weighted by atomic mass is 16.5. The van der Waals surface area contributed by atoms with Crippen LogP contribution in [0.3, 0.4) is 0 Å². The number of nitrogens with one attached hydrogen (secondary N) is 1. The van der Waals surface area contributed by atoms with E-state index in [1.807, 2.05) is 7.05 Å². The van der Waals surface area contributed by atoms with Crippen molar-refractivity contribution >= 4 is 0 Å². The summed E-state index contributed by atoms with van der Waals surface area (Å²) in [7, 11) is 1.95. The van der Waals surface area contributed by atoms with Gasteiger partial charge in [0.25, 0.3) is 0 Å². The van der Waals surface area contributed by atoms with Crippen LogP contribution in [0.5, 0.6) is 0 Å². The van der Waals surface area contributed by atoms with Gasteiger partial charge >= 0.3 is 0 Å². The number of likely N-dealkylation sites (N-methyl/N-ethyl adjacent to an activating group) is 1. The third-order valence-electron chi connectivity index (χ3n) is 3.54. The van der Waals surface area contributed by atoms with E-state index in [1.54, 1.807) is 6.20 Å². The summed E-state index contributed by atoms with van der Waals surface area (Å²) < 4.78 is 11.4. The lowest BCUT2D eigenvalue weighted by Gasteiger charge is -2.18. The molecule has 19 heavy (non-hydrogen) atoms. The lowest BCUT2D eigenvalue weighted by Crippen LogP contribution is -2.19. The average molecular weight is 258 g/mol. The van der Waals surface area contributed by atoms with Gasteiger partial charge in [0.2, 0.25) is 0 Å². The van der Waals surface area contributed by atoms with Crippen molar-refractivity contribution in [1.82, 2.24) is 10.3 Å². The van der Waals surface area contributed by atoms with E-state index >= 15 is 0 Å². The quantitative estimate of drug-likeness (QED) is 0.919. The summed E-state index contributed by atoms with van der Waals surface area (Å²) in [6.07, 6.45) is 5.43. The van der Waals surface area contributed by atoms with Crippen LogP contribution in [0.25, 0.3) is 11.3 Å². The molecule has 1 unspecified atom stereocenters. The van der Waals surface area contributed by atoms with Crippen LogP contribution in [0.15, 0.2) is 35.2 Å². The first-order chi connectivity index (χ1) is 9.40. The largest absolute Gasteiger partial charge is 0.444 e. The second-order valence-corrected chi connectivity index (χ2v) is 4.76. The number of nitrogens with zero attached hydrogens (tertiary/aromatic N) is 1. The SMILES string of the molecule is CNCC1OCCCc2c(-c3cnco3)cccc21. The van der Waals surface area contributed by atoms with Gasteiger partial charge in [-0.15, -0.1) is 0 Å². The van der Waals surface area contributed by atoms with Gasteiger partial charge in [0.15, 0.2) is 12.2 Å². The smallest absolute Gasteiger partial charge is 0.181 e. The Morgan fingerprint density at radius 3 is 3.16 bits per heavy atom. The van der Waals surface area contributed by atoms with E-state index < -0.39 is 0 Å². The van der Waals surface area contributed by atoms with E-state index in [0.717, 1.165) is 37.3 Å². The normalized spacial score (nSPS) is 18.9. The lowest BCUT2D eigenvalue weighted by molar-refractivity contribution is 0.0579. The van der Waals surface area contributed by atoms with Crippen molar-refractivity contribution in [2.45, 2.75) is 18.9 Å². The number of ether oxygens (including phenoxy) is 1. The Morgan fingerprint density at radius 2 is 2.37 bits per heavy atom. The first-order valence-electron chi connectivity index (χ1n) is 6.67. The number of oxazole rings is 1. The van der Waals surface area contributed by atoms with E-state index in [4.69, 9.17) is 9.15 Å². The van der Waals surface area contributed by atoms with Gasteiger partial charge in [-0.25, -0.2) is 4.98 Å². The zero-order valence-corrected chi connectivity index (χ0v) is 11.1. The fourth-order valence-electron chi connectivity index (χ4n) is 2.68. The summed E-state index contributed by atoms with van der Waals surface area (Å²) in [4.78, 5) is 4.02. The minimum Gasteiger partial charge on any atom is -0.444 e. The van der Waals surface area contributed by atoms with Gasteiger partial charge in [-0.05, 0) is 31.0 Å². The molecule has 4 nitrogen and oxygen atoms in total. The number of benzene rings is 1. The maximum atomic E-state index is 5.93. The third-order valence-corrected chi connectivity index (χ3v) is 3.54. The lowest BCUT2D eigenvalue weighted by atomic mass is 9.93. The summed E-state index contributed by atoms with van der Waals surface area (Å²) in [6, 6.07) is 6.32. The standard InChI is InChI=1S/C15H18N2O2/c1-16-8-14-12-4-2-5-13(15-9-17-10-19-15)11(12)6-3-7-18-14/h2,4-5,9-10,14,16H,3,6-8H2,1H3. The molecule has 0 spiro atoms. The summed E-state index contributed by atoms with van der Waals surface area (Å²) >= 11 is 0. The topological polar surface area (TPSA) is 47.3 Å². The molecule has 100 valence electrons. The predicted octanol–water partition coefficient (Wildman–Crippen LogP) is 2.56. The van der Waals surface area contributed by atoms with Crippen LogP contribution >= 0.6 is 0 Å². The van der Waals surface area contributed by atoms with Crippen LogP contribution in [0, 0.1) is 0 Å². The molecule has 0 amide bonds. The van der Waals surface area contributed by atoms with Crippen LogP contribution in [0.1, 0.15) is 23.7 Å². The van der Waals surface area contributed by atoms with E-state index in [1.165, 1.54) is 17.5 Å². The number of fused-ring (bicyclic) bond motifs is 1. The molecule has 0 saturated carbocycles. The monoisotopic (exact) mass is 258 g/mol. The first kappa shape index (κ1) is 12.4. The minimum atomic E-state index is 0.116. The molecule has 1 atom stereocenters. The maximum absolute atomic E-state index is 5.93. The molecule has 1 aliphatic rings. The number of hydrogen-bond donors (Lipinski definition) is 1. The van der Waals surface area contributed by atoms with Crippen molar-refractivity contribution in [1.29, 1.82) is 0 Å². The van der Waals surface area contributed by atoms with Crippen LogP contribution in [-0.2, 0) is 11.2 Å². The molecular weight excluding hydrogens is 240 g/mol. The van der Waals surface area contributed by atoms with Gasteiger partial charge in [0.05, 0.1) is 12.3 Å². The minimum absolute atomic E-state index is 0.116. The summed E-state index contributed by atoms with van der Waals surface area (Å²) in [5.74, 6) is 0.835. The first-order valence-corrected chi connectivity index (χ1v) is 6.67. The summed E-state index contributed by atoms with van der Waals surface area (Å²) in [5.41, 5.74) is 3.74. The number of aromatic nitrogens is 1. The molecule has 0 saturated heterocycles. The van der Waals surface area contributed by atoms with Gasteiger partial charge in [0, 0.05) is 18.7 Å². The average Bonchev–Trinajstić information content (AvgIpc) is 2.89. The van der Waals surface area contributed by atoms with Gasteiger partial charge in [-0.2, -0.15) is 0 Å². The van der Waals surface area contributed by atoms with Crippen LogP contribution in [0.2, 0.25) is 0 Å². The van der Waals surface area contributed by atoms with E-state index in [2.05, 4.69) is 28.5 Å². The number of hydrogen-bond acceptors (Lipinski definition) is 4. The summed E-state index contributed by atoms with van der Waals surface area (Å²) in [5, 5.41) is 3.20. The van der Waals surface area contributed by atoms with Gasteiger partial charge in [-0.3, -0.25) is 0 Å². The molecule has 0 aliphatic carbocycles. The number of rotatable bonds is 3. The molecule has 1 N–H and O–H groups in total. The molecule has 1 aliphatic heterocycles. The predicted molar refractivity (Wildman–Crippen MR) is 72.9 cm³/mol. The Balaban J connectivity index is 2.07. The Bertz CT molecular complexity index is 537. The Labute approximate surface area is 112 Å². The highest BCUT2D eigenvalue weighted by Gasteiger charge is 2.22. The van der Waals surface area contributed by atoms with Crippen molar-refractivity contribution in [3.05, 3.63) is 41.9 Å². The van der Waals surface area contributed by atoms with E-state index in [9.17, 15) is 0 Å². The highest BCUT2D eigenvalue weighted by molar-refractivity contribution is 5.63. The van der Waals surface area contributed by atoms with Crippen LogP contribution in [-0.4, -0.2) is 25.2 Å². The molecule has 1 aromatic heterocycles. The van der Waals surface area contributed by atoms with Crippen molar-refractivity contribution in [3.63, 3.8) is 0 Å². The molecule has 3 rings (SSSR count). The van der Waals surface area contributed by atoms with Crippen molar-refractivity contribution in [2.24, 2.45) is 0 Å². The third kappa shape index (κ3) is 2.41. The van der Waals surface area contributed by atoms with Gasteiger partial charge in [-0.1, -0.05) is 18.2 Å². The molecule has 2 aromatic rings. The van der Waals surface area contributed by atoms with E-state index in [0.29, 0.717) is 0 Å². The van der Waals surface area contributed by atoms with Gasteiger partial charge in [0.1, 0.15) is 0 Å². The molecule has 2 heterocycles. The molecule has 0 radical (unpaired) electrons. The fraction of sp³-hybridized carbons (Fsp3) is 0.400. The molecular formula is C15H18N2O2. The Kier molecular flexibility index (Phi) is 3.62. The van der Waals surface area contributed by atoms with E-state index in [-0.39, 0.29) is 6.10 Å². The molecule has 0 fully saturated rings. The zero-order valence-electron chi connectivity index (χ0n) is 11.1. The molecule has 1 aromatic carbocycles. The fourth-order valence-corrected chi connectivity index (χ4v) is 2.68. The van der Waals surface area contributed by atoms with Crippen molar-refractivity contribution in [2.75, 3.05) is 20.2 Å². The van der Waals surface area contributed by atoms with Crippen molar-refractivity contribution in [3.8, 4) is 11.3 Å².